The first-order valence-corrected chi connectivity index (χ1v) is 12.5. The summed E-state index contributed by atoms with van der Waals surface area (Å²) >= 11 is 7.40. The Morgan fingerprint density at radius 1 is 1.20 bits per heavy atom. The van der Waals surface area contributed by atoms with Crippen molar-refractivity contribution in [2.75, 3.05) is 6.54 Å². The van der Waals surface area contributed by atoms with Crippen molar-refractivity contribution in [2.45, 2.75) is 42.5 Å². The molecule has 1 aliphatic rings. The van der Waals surface area contributed by atoms with Crippen molar-refractivity contribution in [1.29, 1.82) is 0 Å². The standard InChI is InChI=1S/C21H21ClFN3O2S2/c22-17-11-20(30(27,28)13-21-24-14-25-29-21)18(23)10-16(17)12-26-9-5-4-8-19(26)15-6-2-1-3-7-15/h1-3,6-7,10-11,14,19H,4-5,8-9,12-13H2. The highest BCUT2D eigenvalue weighted by Gasteiger charge is 2.27. The molecule has 3 aromatic rings. The monoisotopic (exact) mass is 465 g/mol. The lowest BCUT2D eigenvalue weighted by molar-refractivity contribution is 0.140. The number of rotatable bonds is 6. The van der Waals surface area contributed by atoms with Gasteiger partial charge in [0.05, 0.1) is 0 Å². The molecule has 0 amide bonds. The molecule has 158 valence electrons. The summed E-state index contributed by atoms with van der Waals surface area (Å²) < 4.78 is 43.9. The normalized spacial score (nSPS) is 17.9. The zero-order chi connectivity index (χ0) is 21.1. The molecular weight excluding hydrogens is 445 g/mol. The molecule has 0 spiro atoms. The van der Waals surface area contributed by atoms with Crippen molar-refractivity contribution in [3.63, 3.8) is 0 Å². The molecule has 1 saturated heterocycles. The summed E-state index contributed by atoms with van der Waals surface area (Å²) in [7, 11) is -3.91. The van der Waals surface area contributed by atoms with Gasteiger partial charge >= 0.3 is 0 Å². The topological polar surface area (TPSA) is 63.2 Å². The Hall–Kier alpha value is -1.87. The highest BCUT2D eigenvalue weighted by atomic mass is 35.5. The molecule has 5 nitrogen and oxygen atoms in total. The van der Waals surface area contributed by atoms with Crippen LogP contribution in [0.3, 0.4) is 0 Å². The summed E-state index contributed by atoms with van der Waals surface area (Å²) in [5.74, 6) is -1.18. The van der Waals surface area contributed by atoms with E-state index in [1.807, 2.05) is 18.2 Å². The summed E-state index contributed by atoms with van der Waals surface area (Å²) in [5, 5.41) is 0.568. The van der Waals surface area contributed by atoms with E-state index in [9.17, 15) is 12.8 Å². The van der Waals surface area contributed by atoms with Gasteiger partial charge in [-0.25, -0.2) is 17.8 Å². The molecule has 4 rings (SSSR count). The lowest BCUT2D eigenvalue weighted by atomic mass is 9.94. The van der Waals surface area contributed by atoms with Gasteiger partial charge in [-0.3, -0.25) is 4.90 Å². The number of aromatic nitrogens is 2. The van der Waals surface area contributed by atoms with Gasteiger partial charge in [0, 0.05) is 17.6 Å². The van der Waals surface area contributed by atoms with E-state index in [4.69, 9.17) is 11.6 Å². The third-order valence-corrected chi connectivity index (χ3v) is 8.16. The maximum atomic E-state index is 14.8. The van der Waals surface area contributed by atoms with E-state index in [-0.39, 0.29) is 11.1 Å². The summed E-state index contributed by atoms with van der Waals surface area (Å²) in [5.41, 5.74) is 1.82. The fourth-order valence-electron chi connectivity index (χ4n) is 3.88. The number of likely N-dealkylation sites (tertiary alicyclic amines) is 1. The quantitative estimate of drug-likeness (QED) is 0.510. The van der Waals surface area contributed by atoms with Crippen LogP contribution in [-0.4, -0.2) is 29.2 Å². The molecule has 0 aliphatic carbocycles. The second-order valence-corrected chi connectivity index (χ2v) is 10.6. The first-order chi connectivity index (χ1) is 14.4. The summed E-state index contributed by atoms with van der Waals surface area (Å²) in [6.07, 6.45) is 4.51. The third kappa shape index (κ3) is 4.72. The Kier molecular flexibility index (Phi) is 6.48. The molecule has 0 radical (unpaired) electrons. The minimum absolute atomic E-state index is 0.236. The van der Waals surface area contributed by atoms with E-state index >= 15 is 0 Å². The Balaban J connectivity index is 1.58. The number of hydrogen-bond acceptors (Lipinski definition) is 6. The number of piperidine rings is 1. The van der Waals surface area contributed by atoms with Crippen molar-refractivity contribution in [2.24, 2.45) is 0 Å². The Morgan fingerprint density at radius 3 is 2.73 bits per heavy atom. The maximum Gasteiger partial charge on any atom is 0.187 e. The molecule has 0 N–H and O–H groups in total. The van der Waals surface area contributed by atoms with Crippen LogP contribution in [0.2, 0.25) is 5.02 Å². The molecule has 30 heavy (non-hydrogen) atoms. The van der Waals surface area contributed by atoms with Crippen LogP contribution in [0.15, 0.2) is 53.7 Å². The number of sulfone groups is 1. The molecule has 1 aromatic heterocycles. The third-order valence-electron chi connectivity index (χ3n) is 5.33. The minimum atomic E-state index is -3.91. The second kappa shape index (κ2) is 9.09. The van der Waals surface area contributed by atoms with Crippen molar-refractivity contribution < 1.29 is 12.8 Å². The van der Waals surface area contributed by atoms with Gasteiger partial charge in [0.2, 0.25) is 0 Å². The Labute approximate surface area is 184 Å². The molecule has 2 aromatic carbocycles. The number of benzene rings is 2. The lowest BCUT2D eigenvalue weighted by Crippen LogP contribution is -2.33. The summed E-state index contributed by atoms with van der Waals surface area (Å²) in [4.78, 5) is 5.77. The van der Waals surface area contributed by atoms with E-state index in [0.717, 1.165) is 37.3 Å². The van der Waals surface area contributed by atoms with Crippen molar-refractivity contribution in [3.8, 4) is 0 Å². The second-order valence-electron chi connectivity index (χ2n) is 7.36. The van der Waals surface area contributed by atoms with Crippen LogP contribution in [0.5, 0.6) is 0 Å². The average molecular weight is 466 g/mol. The first-order valence-electron chi connectivity index (χ1n) is 9.69. The van der Waals surface area contributed by atoms with Gasteiger partial charge in [-0.2, -0.15) is 4.37 Å². The zero-order valence-corrected chi connectivity index (χ0v) is 18.6. The van der Waals surface area contributed by atoms with Gasteiger partial charge in [-0.05, 0) is 54.2 Å². The predicted molar refractivity (Wildman–Crippen MR) is 116 cm³/mol. The summed E-state index contributed by atoms with van der Waals surface area (Å²) in [6.45, 7) is 1.35. The molecule has 1 fully saturated rings. The van der Waals surface area contributed by atoms with Crippen LogP contribution in [0.25, 0.3) is 0 Å². The van der Waals surface area contributed by atoms with Crippen LogP contribution >= 0.6 is 23.1 Å². The van der Waals surface area contributed by atoms with Gasteiger partial charge in [0.1, 0.15) is 27.8 Å². The SMILES string of the molecule is O=S(=O)(Cc1ncns1)c1cc(Cl)c(CN2CCCCC2c2ccccc2)cc1F. The lowest BCUT2D eigenvalue weighted by Gasteiger charge is -2.36. The summed E-state index contributed by atoms with van der Waals surface area (Å²) in [6, 6.07) is 13.0. The first kappa shape index (κ1) is 21.4. The highest BCUT2D eigenvalue weighted by Crippen LogP contribution is 2.34. The van der Waals surface area contributed by atoms with Gasteiger partial charge in [-0.1, -0.05) is 48.4 Å². The Bertz CT molecular complexity index is 1110. The molecule has 0 saturated carbocycles. The molecule has 0 bridgehead atoms. The van der Waals surface area contributed by atoms with Gasteiger partial charge < -0.3 is 0 Å². The zero-order valence-electron chi connectivity index (χ0n) is 16.2. The smallest absolute Gasteiger partial charge is 0.187 e. The van der Waals surface area contributed by atoms with Crippen LogP contribution < -0.4 is 0 Å². The molecule has 2 heterocycles. The van der Waals surface area contributed by atoms with Crippen molar-refractivity contribution >= 4 is 33.0 Å². The van der Waals surface area contributed by atoms with E-state index in [1.165, 1.54) is 24.0 Å². The minimum Gasteiger partial charge on any atom is -0.292 e. The number of nitrogens with zero attached hydrogens (tertiary/aromatic N) is 3. The molecule has 9 heteroatoms. The van der Waals surface area contributed by atoms with Crippen molar-refractivity contribution in [1.82, 2.24) is 14.3 Å². The van der Waals surface area contributed by atoms with Crippen LogP contribution in [0.4, 0.5) is 4.39 Å². The molecule has 1 unspecified atom stereocenters. The van der Waals surface area contributed by atoms with E-state index in [0.29, 0.717) is 17.1 Å². The van der Waals surface area contributed by atoms with Crippen LogP contribution in [0, 0.1) is 5.82 Å². The van der Waals surface area contributed by atoms with E-state index < -0.39 is 26.3 Å². The molecular formula is C21H21ClFN3O2S2. The Morgan fingerprint density at radius 2 is 2.00 bits per heavy atom. The molecule has 1 atom stereocenters. The van der Waals surface area contributed by atoms with Gasteiger partial charge in [0.25, 0.3) is 0 Å². The number of hydrogen-bond donors (Lipinski definition) is 0. The fourth-order valence-corrected chi connectivity index (χ4v) is 6.36. The van der Waals surface area contributed by atoms with E-state index in [1.54, 1.807) is 0 Å². The van der Waals surface area contributed by atoms with Crippen LogP contribution in [-0.2, 0) is 22.1 Å². The van der Waals surface area contributed by atoms with Crippen molar-refractivity contribution in [3.05, 3.63) is 75.8 Å². The van der Waals surface area contributed by atoms with Gasteiger partial charge in [0.15, 0.2) is 9.84 Å². The maximum absolute atomic E-state index is 14.8. The molecule has 1 aliphatic heterocycles. The largest absolute Gasteiger partial charge is 0.292 e. The predicted octanol–water partition coefficient (Wildman–Crippen LogP) is 5.03. The van der Waals surface area contributed by atoms with Gasteiger partial charge in [-0.15, -0.1) is 0 Å². The fraction of sp³-hybridized carbons (Fsp3) is 0.333. The highest BCUT2D eigenvalue weighted by molar-refractivity contribution is 7.90. The average Bonchev–Trinajstić information content (AvgIpc) is 3.23. The van der Waals surface area contributed by atoms with E-state index in [2.05, 4.69) is 26.4 Å². The number of halogens is 2. The van der Waals surface area contributed by atoms with Crippen LogP contribution in [0.1, 0.15) is 41.4 Å².